The molecule has 0 saturated heterocycles. The zero-order valence-corrected chi connectivity index (χ0v) is 19.2. The maximum atomic E-state index is 13.2. The van der Waals surface area contributed by atoms with Gasteiger partial charge in [0.2, 0.25) is 5.91 Å². The summed E-state index contributed by atoms with van der Waals surface area (Å²) in [6.45, 7) is 1.92. The minimum atomic E-state index is -4.00. The van der Waals surface area contributed by atoms with E-state index in [1.54, 1.807) is 30.5 Å². The van der Waals surface area contributed by atoms with Crippen molar-refractivity contribution in [3.05, 3.63) is 82.9 Å². The van der Waals surface area contributed by atoms with Crippen molar-refractivity contribution < 1.29 is 17.6 Å². The highest BCUT2D eigenvalue weighted by Gasteiger charge is 2.27. The van der Waals surface area contributed by atoms with Crippen LogP contribution >= 0.6 is 22.9 Å². The Morgan fingerprint density at radius 3 is 2.53 bits per heavy atom. The van der Waals surface area contributed by atoms with E-state index in [-0.39, 0.29) is 11.4 Å². The lowest BCUT2D eigenvalue weighted by molar-refractivity contribution is -0.116. The molecule has 164 valence electrons. The van der Waals surface area contributed by atoms with Crippen LogP contribution in [0, 0.1) is 12.7 Å². The third kappa shape index (κ3) is 4.64. The summed E-state index contributed by atoms with van der Waals surface area (Å²) in [5, 5.41) is 0.819. The molecule has 4 rings (SSSR count). The van der Waals surface area contributed by atoms with Crippen molar-refractivity contribution in [2.45, 2.75) is 18.4 Å². The van der Waals surface area contributed by atoms with Gasteiger partial charge in [-0.15, -0.1) is 0 Å². The van der Waals surface area contributed by atoms with Gasteiger partial charge in [-0.1, -0.05) is 35.1 Å². The Morgan fingerprint density at radius 2 is 1.88 bits per heavy atom. The largest absolute Gasteiger partial charge is 0.281 e. The van der Waals surface area contributed by atoms with E-state index in [0.717, 1.165) is 29.8 Å². The molecule has 2 heterocycles. The van der Waals surface area contributed by atoms with E-state index in [0.29, 0.717) is 26.1 Å². The molecule has 0 N–H and O–H groups in total. The highest BCUT2D eigenvalue weighted by Crippen LogP contribution is 2.36. The van der Waals surface area contributed by atoms with Crippen LogP contribution in [-0.4, -0.2) is 30.0 Å². The van der Waals surface area contributed by atoms with E-state index < -0.39 is 27.3 Å². The molecule has 10 heteroatoms. The standard InChI is InChI=1S/C22H17ClFN3O3S2/c1-14-5-10-18(23)21-20(14)26-22(31-21)27(12-16-4-2-3-11-25-16)19(28)13-32(29,30)17-8-6-15(24)7-9-17/h2-11H,12-13H2,1H3. The van der Waals surface area contributed by atoms with E-state index in [4.69, 9.17) is 11.6 Å². The summed E-state index contributed by atoms with van der Waals surface area (Å²) in [4.78, 5) is 23.2. The first-order valence-corrected chi connectivity index (χ1v) is 12.3. The summed E-state index contributed by atoms with van der Waals surface area (Å²) in [7, 11) is -4.00. The first-order valence-electron chi connectivity index (χ1n) is 9.49. The molecule has 0 atom stereocenters. The van der Waals surface area contributed by atoms with Crippen LogP contribution in [0.5, 0.6) is 0 Å². The number of aryl methyl sites for hydroxylation is 1. The molecule has 1 amide bonds. The number of amides is 1. The van der Waals surface area contributed by atoms with Gasteiger partial charge in [-0.3, -0.25) is 14.7 Å². The van der Waals surface area contributed by atoms with Crippen molar-refractivity contribution in [3.63, 3.8) is 0 Å². The van der Waals surface area contributed by atoms with Crippen molar-refractivity contribution in [3.8, 4) is 0 Å². The fraction of sp³-hybridized carbons (Fsp3) is 0.136. The number of rotatable bonds is 6. The van der Waals surface area contributed by atoms with Crippen LogP contribution in [0.4, 0.5) is 9.52 Å². The molecule has 0 unspecified atom stereocenters. The van der Waals surface area contributed by atoms with Crippen molar-refractivity contribution in [2.24, 2.45) is 0 Å². The van der Waals surface area contributed by atoms with E-state index in [1.165, 1.54) is 16.2 Å². The number of hydrogen-bond acceptors (Lipinski definition) is 6. The van der Waals surface area contributed by atoms with Crippen molar-refractivity contribution in [1.29, 1.82) is 0 Å². The molecule has 32 heavy (non-hydrogen) atoms. The molecule has 0 spiro atoms. The van der Waals surface area contributed by atoms with Crippen LogP contribution in [0.15, 0.2) is 65.7 Å². The van der Waals surface area contributed by atoms with Gasteiger partial charge in [-0.2, -0.15) is 0 Å². The van der Waals surface area contributed by atoms with Gasteiger partial charge in [-0.05, 0) is 55.0 Å². The molecule has 0 aliphatic carbocycles. The molecular weight excluding hydrogens is 473 g/mol. The zero-order valence-electron chi connectivity index (χ0n) is 16.8. The predicted octanol–water partition coefficient (Wildman–Crippen LogP) is 4.80. The van der Waals surface area contributed by atoms with Gasteiger partial charge < -0.3 is 0 Å². The lowest BCUT2D eigenvalue weighted by Gasteiger charge is -2.19. The molecule has 6 nitrogen and oxygen atoms in total. The van der Waals surface area contributed by atoms with Gasteiger partial charge in [0.25, 0.3) is 0 Å². The minimum absolute atomic E-state index is 0.0368. The van der Waals surface area contributed by atoms with E-state index in [1.807, 2.05) is 13.0 Å². The maximum absolute atomic E-state index is 13.2. The zero-order chi connectivity index (χ0) is 22.9. The Kier molecular flexibility index (Phi) is 6.23. The third-order valence-corrected chi connectivity index (χ3v) is 7.91. The van der Waals surface area contributed by atoms with Crippen LogP contribution in [0.25, 0.3) is 10.2 Å². The molecule has 0 aliphatic rings. The number of nitrogens with zero attached hydrogens (tertiary/aromatic N) is 3. The molecule has 0 fully saturated rings. The van der Waals surface area contributed by atoms with Gasteiger partial charge in [-0.25, -0.2) is 17.8 Å². The molecule has 0 saturated carbocycles. The van der Waals surface area contributed by atoms with Crippen LogP contribution in [0.1, 0.15) is 11.3 Å². The number of thiazole rings is 1. The summed E-state index contributed by atoms with van der Waals surface area (Å²) in [5.74, 6) is -2.03. The molecule has 4 aromatic rings. The average Bonchev–Trinajstić information content (AvgIpc) is 3.22. The van der Waals surface area contributed by atoms with Gasteiger partial charge >= 0.3 is 0 Å². The summed E-state index contributed by atoms with van der Waals surface area (Å²) in [6, 6.07) is 13.2. The number of carbonyl (C=O) groups excluding carboxylic acids is 1. The number of benzene rings is 2. The molecule has 0 radical (unpaired) electrons. The van der Waals surface area contributed by atoms with E-state index >= 15 is 0 Å². The molecule has 2 aromatic carbocycles. The average molecular weight is 490 g/mol. The van der Waals surface area contributed by atoms with E-state index in [9.17, 15) is 17.6 Å². The van der Waals surface area contributed by atoms with Gasteiger partial charge in [0, 0.05) is 6.20 Å². The minimum Gasteiger partial charge on any atom is -0.281 e. The fourth-order valence-electron chi connectivity index (χ4n) is 3.09. The van der Waals surface area contributed by atoms with Crippen LogP contribution in [0.2, 0.25) is 5.02 Å². The Balaban J connectivity index is 1.72. The third-order valence-electron chi connectivity index (χ3n) is 4.75. The van der Waals surface area contributed by atoms with Crippen LogP contribution in [0.3, 0.4) is 0 Å². The Bertz CT molecular complexity index is 1350. The second-order valence-corrected chi connectivity index (χ2v) is 10.4. The monoisotopic (exact) mass is 489 g/mol. The quantitative estimate of drug-likeness (QED) is 0.363. The van der Waals surface area contributed by atoms with Crippen LogP contribution in [-0.2, 0) is 21.2 Å². The Morgan fingerprint density at radius 1 is 1.12 bits per heavy atom. The summed E-state index contributed by atoms with van der Waals surface area (Å²) >= 11 is 7.52. The fourth-order valence-corrected chi connectivity index (χ4v) is 5.62. The Hall–Kier alpha value is -2.88. The highest BCUT2D eigenvalue weighted by atomic mass is 35.5. The van der Waals surface area contributed by atoms with Crippen molar-refractivity contribution in [1.82, 2.24) is 9.97 Å². The highest BCUT2D eigenvalue weighted by molar-refractivity contribution is 7.92. The first-order chi connectivity index (χ1) is 15.2. The second-order valence-electron chi connectivity index (χ2n) is 7.05. The number of hydrogen-bond donors (Lipinski definition) is 0. The molecule has 0 bridgehead atoms. The lowest BCUT2D eigenvalue weighted by atomic mass is 10.2. The molecule has 0 aliphatic heterocycles. The smallest absolute Gasteiger partial charge is 0.244 e. The molecule has 2 aromatic heterocycles. The van der Waals surface area contributed by atoms with Gasteiger partial charge in [0.1, 0.15) is 11.6 Å². The predicted molar refractivity (Wildman–Crippen MR) is 123 cm³/mol. The van der Waals surface area contributed by atoms with E-state index in [2.05, 4.69) is 9.97 Å². The van der Waals surface area contributed by atoms with Crippen LogP contribution < -0.4 is 4.90 Å². The van der Waals surface area contributed by atoms with Crippen molar-refractivity contribution in [2.75, 3.05) is 10.7 Å². The topological polar surface area (TPSA) is 80.2 Å². The number of anilines is 1. The number of halogens is 2. The van der Waals surface area contributed by atoms with Gasteiger partial charge in [0.15, 0.2) is 15.0 Å². The lowest BCUT2D eigenvalue weighted by Crippen LogP contribution is -2.35. The molecular formula is C22H17ClFN3O3S2. The number of aromatic nitrogens is 2. The SMILES string of the molecule is Cc1ccc(Cl)c2sc(N(Cc3ccccn3)C(=O)CS(=O)(=O)c3ccc(F)cc3)nc12. The summed E-state index contributed by atoms with van der Waals surface area (Å²) in [5.41, 5.74) is 2.11. The maximum Gasteiger partial charge on any atom is 0.244 e. The number of fused-ring (bicyclic) bond motifs is 1. The number of pyridine rings is 1. The second kappa shape index (κ2) is 8.93. The normalized spacial score (nSPS) is 11.6. The number of carbonyl (C=O) groups is 1. The van der Waals surface area contributed by atoms with Gasteiger partial charge in [0.05, 0.1) is 32.4 Å². The Labute approximate surface area is 193 Å². The summed E-state index contributed by atoms with van der Waals surface area (Å²) in [6.07, 6.45) is 1.59. The summed E-state index contributed by atoms with van der Waals surface area (Å²) < 4.78 is 39.5. The number of sulfone groups is 1. The first kappa shape index (κ1) is 22.3. The van der Waals surface area contributed by atoms with Crippen molar-refractivity contribution >= 4 is 54.0 Å².